The van der Waals surface area contributed by atoms with Gasteiger partial charge in [0.25, 0.3) is 5.85 Å². The molecule has 0 spiro atoms. The van der Waals surface area contributed by atoms with Gasteiger partial charge in [-0.05, 0) is 11.0 Å². The van der Waals surface area contributed by atoms with Gasteiger partial charge in [-0.1, -0.05) is 96.8 Å². The van der Waals surface area contributed by atoms with Gasteiger partial charge in [-0.25, -0.2) is 0 Å². The molecule has 132 valence electrons. The molecule has 0 heterocycles. The maximum atomic E-state index is 10.6. The van der Waals surface area contributed by atoms with Gasteiger partial charge in [0.1, 0.15) is 0 Å². The third-order valence-corrected chi connectivity index (χ3v) is 5.09. The second-order valence-electron chi connectivity index (χ2n) is 6.52. The van der Waals surface area contributed by atoms with Gasteiger partial charge in [-0.3, -0.25) is 0 Å². The SMILES string of the molecule is CCCCCCCCCCCCCCCCCC(O)[P+](=O)O. The zero-order chi connectivity index (χ0) is 16.5. The van der Waals surface area contributed by atoms with E-state index in [1.807, 2.05) is 0 Å². The largest absolute Gasteiger partial charge is 0.537 e. The van der Waals surface area contributed by atoms with Crippen molar-refractivity contribution in [3.05, 3.63) is 0 Å². The van der Waals surface area contributed by atoms with E-state index >= 15 is 0 Å². The molecule has 0 aliphatic rings. The van der Waals surface area contributed by atoms with Crippen LogP contribution in [0.25, 0.3) is 0 Å². The third-order valence-electron chi connectivity index (χ3n) is 4.32. The molecule has 0 radical (unpaired) electrons. The molecule has 0 saturated carbocycles. The molecular weight excluding hydrogens is 295 g/mol. The Hall–Kier alpha value is 0.0200. The minimum Gasteiger partial charge on any atom is -0.349 e. The van der Waals surface area contributed by atoms with Crippen LogP contribution < -0.4 is 0 Å². The fraction of sp³-hybridized carbons (Fsp3) is 1.00. The third kappa shape index (κ3) is 16.4. The van der Waals surface area contributed by atoms with Crippen molar-refractivity contribution < 1.29 is 14.6 Å². The molecule has 0 fully saturated rings. The average molecular weight is 333 g/mol. The van der Waals surface area contributed by atoms with Crippen molar-refractivity contribution in [2.75, 3.05) is 0 Å². The van der Waals surface area contributed by atoms with Crippen molar-refractivity contribution in [1.82, 2.24) is 0 Å². The van der Waals surface area contributed by atoms with E-state index in [1.54, 1.807) is 0 Å². The number of hydrogen-bond acceptors (Lipinski definition) is 2. The standard InChI is InChI=1S/C18H37O3P/c1-2-3-4-5-6-7-8-9-10-11-12-13-14-15-16-17-18(19)22(20)21/h18-19H,2-17H2,1H3/p+1. The van der Waals surface area contributed by atoms with Crippen LogP contribution in [0.3, 0.4) is 0 Å². The second kappa shape index (κ2) is 17.4. The molecule has 0 saturated heterocycles. The summed E-state index contributed by atoms with van der Waals surface area (Å²) in [5.74, 6) is -1.02. The van der Waals surface area contributed by atoms with Gasteiger partial charge < -0.3 is 5.11 Å². The minimum absolute atomic E-state index is 0.462. The molecule has 0 bridgehead atoms. The lowest BCUT2D eigenvalue weighted by Gasteiger charge is -2.03. The molecule has 0 aliphatic heterocycles. The van der Waals surface area contributed by atoms with Crippen LogP contribution in [0, 0.1) is 0 Å². The quantitative estimate of drug-likeness (QED) is 0.242. The Kier molecular flexibility index (Phi) is 17.4. The molecule has 0 aromatic carbocycles. The molecule has 2 unspecified atom stereocenters. The summed E-state index contributed by atoms with van der Waals surface area (Å²) in [5, 5.41) is 9.20. The van der Waals surface area contributed by atoms with E-state index in [-0.39, 0.29) is 0 Å². The fourth-order valence-electron chi connectivity index (χ4n) is 2.81. The summed E-state index contributed by atoms with van der Waals surface area (Å²) in [4.78, 5) is 8.70. The van der Waals surface area contributed by atoms with Gasteiger partial charge in [0.05, 0.1) is 0 Å². The number of aliphatic hydroxyl groups is 1. The lowest BCUT2D eigenvalue weighted by Crippen LogP contribution is -1.99. The summed E-state index contributed by atoms with van der Waals surface area (Å²) in [5.41, 5.74) is 0. The minimum atomic E-state index is -2.40. The summed E-state index contributed by atoms with van der Waals surface area (Å²) in [6.45, 7) is 2.26. The van der Waals surface area contributed by atoms with Gasteiger partial charge in [0.2, 0.25) is 0 Å². The highest BCUT2D eigenvalue weighted by atomic mass is 31.1. The zero-order valence-electron chi connectivity index (χ0n) is 14.6. The lowest BCUT2D eigenvalue weighted by atomic mass is 10.0. The summed E-state index contributed by atoms with van der Waals surface area (Å²) in [7, 11) is -2.40. The van der Waals surface area contributed by atoms with Crippen molar-refractivity contribution in [2.24, 2.45) is 0 Å². The first kappa shape index (κ1) is 22.0. The van der Waals surface area contributed by atoms with Crippen LogP contribution in [0.5, 0.6) is 0 Å². The molecule has 22 heavy (non-hydrogen) atoms. The first-order chi connectivity index (χ1) is 10.7. The van der Waals surface area contributed by atoms with Gasteiger partial charge in [-0.2, -0.15) is 4.89 Å². The monoisotopic (exact) mass is 333 g/mol. The topological polar surface area (TPSA) is 57.5 Å². The zero-order valence-corrected chi connectivity index (χ0v) is 15.5. The van der Waals surface area contributed by atoms with Crippen LogP contribution in [0.4, 0.5) is 0 Å². The molecule has 4 heteroatoms. The molecule has 0 aliphatic carbocycles. The Morgan fingerprint density at radius 2 is 1.00 bits per heavy atom. The maximum Gasteiger partial charge on any atom is 0.537 e. The van der Waals surface area contributed by atoms with Gasteiger partial charge in [0, 0.05) is 6.42 Å². The van der Waals surface area contributed by atoms with E-state index in [2.05, 4.69) is 6.92 Å². The smallest absolute Gasteiger partial charge is 0.349 e. The van der Waals surface area contributed by atoms with Crippen molar-refractivity contribution in [2.45, 2.75) is 116 Å². The van der Waals surface area contributed by atoms with E-state index in [4.69, 9.17) is 4.89 Å². The average Bonchev–Trinajstić information content (AvgIpc) is 2.50. The van der Waals surface area contributed by atoms with E-state index in [1.165, 1.54) is 83.5 Å². The highest BCUT2D eigenvalue weighted by molar-refractivity contribution is 7.38. The van der Waals surface area contributed by atoms with Crippen molar-refractivity contribution in [1.29, 1.82) is 0 Å². The van der Waals surface area contributed by atoms with Crippen molar-refractivity contribution in [3.8, 4) is 0 Å². The molecule has 2 N–H and O–H groups in total. The predicted octanol–water partition coefficient (Wildman–Crippen LogP) is 6.30. The summed E-state index contributed by atoms with van der Waals surface area (Å²) < 4.78 is 10.6. The van der Waals surface area contributed by atoms with E-state index in [0.29, 0.717) is 6.42 Å². The number of rotatable bonds is 17. The van der Waals surface area contributed by atoms with Crippen LogP contribution in [0.15, 0.2) is 0 Å². The number of hydrogen-bond donors (Lipinski definition) is 2. The molecule has 0 amide bonds. The number of unbranched alkanes of at least 4 members (excludes halogenated alkanes) is 14. The highest BCUT2D eigenvalue weighted by Gasteiger charge is 2.24. The summed E-state index contributed by atoms with van der Waals surface area (Å²) in [6, 6.07) is 0. The van der Waals surface area contributed by atoms with Gasteiger partial charge in [-0.15, -0.1) is 0 Å². The fourth-order valence-corrected chi connectivity index (χ4v) is 3.21. The summed E-state index contributed by atoms with van der Waals surface area (Å²) >= 11 is 0. The van der Waals surface area contributed by atoms with Crippen LogP contribution in [-0.4, -0.2) is 15.8 Å². The van der Waals surface area contributed by atoms with E-state index < -0.39 is 13.9 Å². The molecule has 0 aromatic heterocycles. The Labute approximate surface area is 138 Å². The second-order valence-corrected chi connectivity index (χ2v) is 7.72. The lowest BCUT2D eigenvalue weighted by molar-refractivity contribution is 0.223. The van der Waals surface area contributed by atoms with Crippen LogP contribution in [0.2, 0.25) is 0 Å². The Bertz CT molecular complexity index is 246. The van der Waals surface area contributed by atoms with Crippen molar-refractivity contribution in [3.63, 3.8) is 0 Å². The van der Waals surface area contributed by atoms with Crippen LogP contribution in [-0.2, 0) is 4.57 Å². The van der Waals surface area contributed by atoms with E-state index in [0.717, 1.165) is 12.8 Å². The molecule has 0 aromatic rings. The normalized spacial score (nSPS) is 13.3. The molecule has 3 nitrogen and oxygen atoms in total. The van der Waals surface area contributed by atoms with Gasteiger partial charge in [0.15, 0.2) is 0 Å². The maximum absolute atomic E-state index is 10.6. The molecule has 0 rings (SSSR count). The first-order valence-corrected chi connectivity index (χ1v) is 10.8. The van der Waals surface area contributed by atoms with Crippen molar-refractivity contribution >= 4 is 8.03 Å². The highest BCUT2D eigenvalue weighted by Crippen LogP contribution is 2.24. The first-order valence-electron chi connectivity index (χ1n) is 9.51. The van der Waals surface area contributed by atoms with Crippen LogP contribution >= 0.6 is 8.03 Å². The Balaban J connectivity index is 3.04. The Morgan fingerprint density at radius 3 is 1.32 bits per heavy atom. The van der Waals surface area contributed by atoms with Gasteiger partial charge >= 0.3 is 8.03 Å². The van der Waals surface area contributed by atoms with Crippen LogP contribution in [0.1, 0.15) is 110 Å². The molecular formula is C18H38O3P+. The Morgan fingerprint density at radius 1 is 0.682 bits per heavy atom. The predicted molar refractivity (Wildman–Crippen MR) is 95.4 cm³/mol. The summed E-state index contributed by atoms with van der Waals surface area (Å²) in [6.07, 6.45) is 20.1. The molecule has 2 atom stereocenters. The van der Waals surface area contributed by atoms with E-state index in [9.17, 15) is 9.67 Å². The number of aliphatic hydroxyl groups excluding tert-OH is 1.